The molecule has 1 aliphatic carbocycles. The highest BCUT2D eigenvalue weighted by Crippen LogP contribution is 2.59. The van der Waals surface area contributed by atoms with Gasteiger partial charge in [0.25, 0.3) is 0 Å². The molecule has 2 atom stereocenters. The molecule has 2 saturated heterocycles. The number of hydrogen-bond donors (Lipinski definition) is 2. The minimum absolute atomic E-state index is 0.158. The number of aliphatic carboxylic acids is 1. The summed E-state index contributed by atoms with van der Waals surface area (Å²) in [7, 11) is 0. The van der Waals surface area contributed by atoms with Gasteiger partial charge in [-0.25, -0.2) is 0 Å². The van der Waals surface area contributed by atoms with Gasteiger partial charge in [-0.3, -0.25) is 9.59 Å². The van der Waals surface area contributed by atoms with Gasteiger partial charge in [-0.1, -0.05) is 0 Å². The molecule has 0 radical (unpaired) electrons. The van der Waals surface area contributed by atoms with E-state index < -0.39 is 11.4 Å². The molecule has 2 N–H and O–H groups in total. The summed E-state index contributed by atoms with van der Waals surface area (Å²) in [5, 5.41) is 12.6. The molecule has 2 heterocycles. The number of likely N-dealkylation sites (tertiary alicyclic amines) is 1. The number of rotatable bonds is 2. The molecule has 0 aromatic heterocycles. The zero-order valence-corrected chi connectivity index (χ0v) is 11.4. The van der Waals surface area contributed by atoms with Crippen LogP contribution in [0.25, 0.3) is 0 Å². The van der Waals surface area contributed by atoms with Gasteiger partial charge in [-0.2, -0.15) is 0 Å². The summed E-state index contributed by atoms with van der Waals surface area (Å²) in [6, 6.07) is 0. The molecule has 0 bridgehead atoms. The van der Waals surface area contributed by atoms with Crippen LogP contribution in [-0.2, 0) is 9.59 Å². The maximum Gasteiger partial charge on any atom is 0.311 e. The molecule has 3 fully saturated rings. The Labute approximate surface area is 113 Å². The van der Waals surface area contributed by atoms with Gasteiger partial charge in [0.1, 0.15) is 0 Å². The second-order valence-corrected chi connectivity index (χ2v) is 6.74. The third kappa shape index (κ3) is 2.04. The molecular formula is C14H22N2O3. The highest BCUT2D eigenvalue weighted by Gasteiger charge is 2.59. The van der Waals surface area contributed by atoms with E-state index in [-0.39, 0.29) is 17.2 Å². The lowest BCUT2D eigenvalue weighted by Gasteiger charge is -2.25. The van der Waals surface area contributed by atoms with Crippen molar-refractivity contribution < 1.29 is 14.7 Å². The summed E-state index contributed by atoms with van der Waals surface area (Å²) in [5.74, 6) is -0.423. The number of hydrogen-bond acceptors (Lipinski definition) is 3. The summed E-state index contributed by atoms with van der Waals surface area (Å²) in [6.07, 6.45) is 3.77. The van der Waals surface area contributed by atoms with Gasteiger partial charge in [0.2, 0.25) is 5.91 Å². The molecule has 5 heteroatoms. The van der Waals surface area contributed by atoms with Crippen LogP contribution in [0.5, 0.6) is 0 Å². The summed E-state index contributed by atoms with van der Waals surface area (Å²) in [4.78, 5) is 25.5. The lowest BCUT2D eigenvalue weighted by atomic mass is 9.90. The number of amides is 1. The maximum absolute atomic E-state index is 12.5. The van der Waals surface area contributed by atoms with E-state index >= 15 is 0 Å². The van der Waals surface area contributed by atoms with Crippen molar-refractivity contribution >= 4 is 11.9 Å². The number of nitrogens with zero attached hydrogens (tertiary/aromatic N) is 1. The van der Waals surface area contributed by atoms with Gasteiger partial charge < -0.3 is 15.3 Å². The van der Waals surface area contributed by atoms with E-state index in [1.54, 1.807) is 11.8 Å². The van der Waals surface area contributed by atoms with Crippen molar-refractivity contribution in [3.05, 3.63) is 0 Å². The van der Waals surface area contributed by atoms with Gasteiger partial charge >= 0.3 is 5.97 Å². The second-order valence-electron chi connectivity index (χ2n) is 6.74. The molecule has 3 rings (SSSR count). The molecule has 0 aromatic carbocycles. The Morgan fingerprint density at radius 3 is 2.53 bits per heavy atom. The molecule has 0 aromatic rings. The monoisotopic (exact) mass is 266 g/mol. The molecule has 2 unspecified atom stereocenters. The number of carboxylic acids is 1. The Morgan fingerprint density at radius 1 is 1.26 bits per heavy atom. The second kappa shape index (κ2) is 4.20. The van der Waals surface area contributed by atoms with Crippen molar-refractivity contribution in [2.45, 2.75) is 32.6 Å². The van der Waals surface area contributed by atoms with E-state index in [4.69, 9.17) is 0 Å². The van der Waals surface area contributed by atoms with Gasteiger partial charge in [0.05, 0.1) is 5.41 Å². The Balaban J connectivity index is 1.63. The molecule has 1 amide bonds. The van der Waals surface area contributed by atoms with Crippen LogP contribution in [0.4, 0.5) is 0 Å². The maximum atomic E-state index is 12.5. The standard InChI is InChI=1S/C14H22N2O3/c1-13(12(18)19)4-7-16(9-13)11(17)10-8-14(10)2-5-15-6-3-14/h10,15H,2-9H2,1H3,(H,18,19). The van der Waals surface area contributed by atoms with E-state index in [1.807, 2.05) is 0 Å². The lowest BCUT2D eigenvalue weighted by Crippen LogP contribution is -2.38. The number of piperidine rings is 1. The normalized spacial score (nSPS) is 36.5. The first-order valence-corrected chi connectivity index (χ1v) is 7.20. The van der Waals surface area contributed by atoms with Crippen LogP contribution >= 0.6 is 0 Å². The Morgan fingerprint density at radius 2 is 1.95 bits per heavy atom. The smallest absolute Gasteiger partial charge is 0.311 e. The Hall–Kier alpha value is -1.10. The van der Waals surface area contributed by atoms with Gasteiger partial charge in [0.15, 0.2) is 0 Å². The van der Waals surface area contributed by atoms with Crippen LogP contribution in [0.15, 0.2) is 0 Å². The van der Waals surface area contributed by atoms with Crippen LogP contribution in [0, 0.1) is 16.7 Å². The fraction of sp³-hybridized carbons (Fsp3) is 0.857. The molecule has 106 valence electrons. The zero-order valence-electron chi connectivity index (χ0n) is 11.4. The van der Waals surface area contributed by atoms with Crippen molar-refractivity contribution in [1.29, 1.82) is 0 Å². The number of nitrogens with one attached hydrogen (secondary N) is 1. The third-order valence-corrected chi connectivity index (χ3v) is 5.39. The first-order chi connectivity index (χ1) is 8.97. The van der Waals surface area contributed by atoms with E-state index in [1.165, 1.54) is 0 Å². The zero-order chi connectivity index (χ0) is 13.7. The average molecular weight is 266 g/mol. The first-order valence-electron chi connectivity index (χ1n) is 7.20. The molecule has 3 aliphatic rings. The number of carbonyl (C=O) groups excluding carboxylic acids is 1. The summed E-state index contributed by atoms with van der Waals surface area (Å²) < 4.78 is 0. The highest BCUT2D eigenvalue weighted by atomic mass is 16.4. The average Bonchev–Trinajstić information content (AvgIpc) is 2.90. The number of carboxylic acid groups (broad SMARTS) is 1. The molecule has 19 heavy (non-hydrogen) atoms. The molecular weight excluding hydrogens is 244 g/mol. The summed E-state index contributed by atoms with van der Waals surface area (Å²) >= 11 is 0. The topological polar surface area (TPSA) is 69.6 Å². The van der Waals surface area contributed by atoms with Crippen LogP contribution in [0.2, 0.25) is 0 Å². The van der Waals surface area contributed by atoms with Crippen molar-refractivity contribution in [3.8, 4) is 0 Å². The van der Waals surface area contributed by atoms with E-state index in [2.05, 4.69) is 5.32 Å². The largest absolute Gasteiger partial charge is 0.481 e. The van der Waals surface area contributed by atoms with Crippen LogP contribution in [0.3, 0.4) is 0 Å². The van der Waals surface area contributed by atoms with Crippen molar-refractivity contribution in [1.82, 2.24) is 10.2 Å². The van der Waals surface area contributed by atoms with E-state index in [9.17, 15) is 14.7 Å². The predicted octanol–water partition coefficient (Wildman–Crippen LogP) is 0.699. The van der Waals surface area contributed by atoms with Crippen molar-refractivity contribution in [3.63, 3.8) is 0 Å². The fourth-order valence-corrected chi connectivity index (χ4v) is 3.72. The van der Waals surface area contributed by atoms with Crippen molar-refractivity contribution in [2.75, 3.05) is 26.2 Å². The molecule has 2 aliphatic heterocycles. The lowest BCUT2D eigenvalue weighted by molar-refractivity contribution is -0.147. The third-order valence-electron chi connectivity index (χ3n) is 5.39. The van der Waals surface area contributed by atoms with Gasteiger partial charge in [-0.15, -0.1) is 0 Å². The minimum atomic E-state index is -0.782. The van der Waals surface area contributed by atoms with Crippen LogP contribution in [0.1, 0.15) is 32.6 Å². The van der Waals surface area contributed by atoms with E-state index in [0.717, 1.165) is 32.4 Å². The van der Waals surface area contributed by atoms with Gasteiger partial charge in [-0.05, 0) is 51.1 Å². The summed E-state index contributed by atoms with van der Waals surface area (Å²) in [5.41, 5.74) is -0.504. The van der Waals surface area contributed by atoms with Gasteiger partial charge in [0, 0.05) is 19.0 Å². The van der Waals surface area contributed by atoms with E-state index in [0.29, 0.717) is 19.5 Å². The summed E-state index contributed by atoms with van der Waals surface area (Å²) in [6.45, 7) is 4.75. The minimum Gasteiger partial charge on any atom is -0.481 e. The fourth-order valence-electron chi connectivity index (χ4n) is 3.72. The SMILES string of the molecule is CC1(C(=O)O)CCN(C(=O)C2CC23CCNCC3)C1. The van der Waals surface area contributed by atoms with Crippen LogP contribution < -0.4 is 5.32 Å². The highest BCUT2D eigenvalue weighted by molar-refractivity contribution is 5.84. The predicted molar refractivity (Wildman–Crippen MR) is 69.6 cm³/mol. The molecule has 1 saturated carbocycles. The molecule has 5 nitrogen and oxygen atoms in total. The Bertz CT molecular complexity index is 417. The first kappa shape index (κ1) is 12.9. The van der Waals surface area contributed by atoms with Crippen molar-refractivity contribution in [2.24, 2.45) is 16.7 Å². The Kier molecular flexibility index (Phi) is 2.85. The quantitative estimate of drug-likeness (QED) is 0.772. The molecule has 1 spiro atoms. The number of carbonyl (C=O) groups is 2. The van der Waals surface area contributed by atoms with Crippen LogP contribution in [-0.4, -0.2) is 48.1 Å².